The van der Waals surface area contributed by atoms with Gasteiger partial charge < -0.3 is 0 Å². The summed E-state index contributed by atoms with van der Waals surface area (Å²) in [6.07, 6.45) is 3.93. The molecule has 0 fully saturated rings. The van der Waals surface area contributed by atoms with Crippen LogP contribution in [0.25, 0.3) is 22.4 Å². The minimum Gasteiger partial charge on any atom is -0.258 e. The highest BCUT2D eigenvalue weighted by Gasteiger charge is 2.09. The Labute approximate surface area is 125 Å². The van der Waals surface area contributed by atoms with E-state index in [1.807, 2.05) is 37.3 Å². The first kappa shape index (κ1) is 13.5. The molecule has 4 nitrogen and oxygen atoms in total. The van der Waals surface area contributed by atoms with Crippen LogP contribution in [0.1, 0.15) is 16.1 Å². The SMILES string of the molecule is Cc1cccc(/C=C/c2nc3cc([N+](=O)[O-])ccc3s2)c1. The number of hydrogen-bond donors (Lipinski definition) is 0. The summed E-state index contributed by atoms with van der Waals surface area (Å²) in [5.41, 5.74) is 3.05. The van der Waals surface area contributed by atoms with Crippen LogP contribution in [0, 0.1) is 17.0 Å². The van der Waals surface area contributed by atoms with E-state index < -0.39 is 4.92 Å². The zero-order chi connectivity index (χ0) is 14.8. The first-order chi connectivity index (χ1) is 10.1. The van der Waals surface area contributed by atoms with Crippen molar-refractivity contribution in [3.8, 4) is 0 Å². The summed E-state index contributed by atoms with van der Waals surface area (Å²) in [6, 6.07) is 12.9. The number of nitro benzene ring substituents is 1. The van der Waals surface area contributed by atoms with Crippen LogP contribution in [0.15, 0.2) is 42.5 Å². The van der Waals surface area contributed by atoms with Gasteiger partial charge in [-0.25, -0.2) is 4.98 Å². The number of nitrogens with zero attached hydrogens (tertiary/aromatic N) is 2. The van der Waals surface area contributed by atoms with Gasteiger partial charge in [-0.3, -0.25) is 10.1 Å². The van der Waals surface area contributed by atoms with E-state index in [-0.39, 0.29) is 5.69 Å². The van der Waals surface area contributed by atoms with Gasteiger partial charge in [0.15, 0.2) is 0 Å². The van der Waals surface area contributed by atoms with Crippen molar-refractivity contribution in [3.63, 3.8) is 0 Å². The average molecular weight is 296 g/mol. The average Bonchev–Trinajstić information content (AvgIpc) is 2.87. The molecule has 2 aromatic carbocycles. The Bertz CT molecular complexity index is 852. The molecule has 0 spiro atoms. The van der Waals surface area contributed by atoms with E-state index in [0.29, 0.717) is 5.52 Å². The van der Waals surface area contributed by atoms with Crippen LogP contribution in [-0.4, -0.2) is 9.91 Å². The van der Waals surface area contributed by atoms with Crippen molar-refractivity contribution in [2.45, 2.75) is 6.92 Å². The Kier molecular flexibility index (Phi) is 3.50. The standard InChI is InChI=1S/C16H12N2O2S/c1-11-3-2-4-12(9-11)5-8-16-17-14-10-13(18(19)20)6-7-15(14)21-16/h2-10H,1H3/b8-5+. The molecule has 104 valence electrons. The molecule has 0 N–H and O–H groups in total. The Morgan fingerprint density at radius 3 is 2.81 bits per heavy atom. The normalized spacial score (nSPS) is 11.3. The van der Waals surface area contributed by atoms with Crippen LogP contribution in [0.3, 0.4) is 0 Å². The molecule has 0 bridgehead atoms. The summed E-state index contributed by atoms with van der Waals surface area (Å²) in [7, 11) is 0. The summed E-state index contributed by atoms with van der Waals surface area (Å²) in [5, 5.41) is 11.6. The molecule has 3 rings (SSSR count). The molecule has 0 saturated carbocycles. The lowest BCUT2D eigenvalue weighted by Crippen LogP contribution is -1.86. The number of aromatic nitrogens is 1. The second-order valence-electron chi connectivity index (χ2n) is 4.71. The largest absolute Gasteiger partial charge is 0.271 e. The number of non-ortho nitro benzene ring substituents is 1. The highest BCUT2D eigenvalue weighted by Crippen LogP contribution is 2.27. The number of nitro groups is 1. The topological polar surface area (TPSA) is 56.0 Å². The van der Waals surface area contributed by atoms with E-state index in [2.05, 4.69) is 11.1 Å². The van der Waals surface area contributed by atoms with E-state index >= 15 is 0 Å². The predicted octanol–water partition coefficient (Wildman–Crippen LogP) is 4.68. The molecule has 1 aromatic heterocycles. The second kappa shape index (κ2) is 5.46. The molecule has 0 aliphatic rings. The smallest absolute Gasteiger partial charge is 0.258 e. The van der Waals surface area contributed by atoms with Crippen molar-refractivity contribution in [1.82, 2.24) is 4.98 Å². The number of fused-ring (bicyclic) bond motifs is 1. The minimum absolute atomic E-state index is 0.0713. The third kappa shape index (κ3) is 2.98. The lowest BCUT2D eigenvalue weighted by Gasteiger charge is -1.94. The third-order valence-corrected chi connectivity index (χ3v) is 4.06. The maximum Gasteiger partial charge on any atom is 0.271 e. The number of rotatable bonds is 3. The summed E-state index contributed by atoms with van der Waals surface area (Å²) < 4.78 is 0.949. The van der Waals surface area contributed by atoms with Crippen molar-refractivity contribution in [1.29, 1.82) is 0 Å². The molecular formula is C16H12N2O2S. The van der Waals surface area contributed by atoms with Crippen molar-refractivity contribution < 1.29 is 4.92 Å². The summed E-state index contributed by atoms with van der Waals surface area (Å²) in [5.74, 6) is 0. The molecule has 21 heavy (non-hydrogen) atoms. The number of thiazole rings is 1. The first-order valence-electron chi connectivity index (χ1n) is 6.41. The van der Waals surface area contributed by atoms with Gasteiger partial charge in [0.25, 0.3) is 5.69 Å². The predicted molar refractivity (Wildman–Crippen MR) is 86.4 cm³/mol. The zero-order valence-electron chi connectivity index (χ0n) is 11.3. The Hall–Kier alpha value is -2.53. The molecule has 1 heterocycles. The summed E-state index contributed by atoms with van der Waals surface area (Å²) in [6.45, 7) is 2.05. The van der Waals surface area contributed by atoms with Gasteiger partial charge in [-0.15, -0.1) is 11.3 Å². The van der Waals surface area contributed by atoms with Crippen LogP contribution >= 0.6 is 11.3 Å². The van der Waals surface area contributed by atoms with Crippen LogP contribution < -0.4 is 0 Å². The Morgan fingerprint density at radius 1 is 1.19 bits per heavy atom. The highest BCUT2D eigenvalue weighted by molar-refractivity contribution is 7.19. The monoisotopic (exact) mass is 296 g/mol. The lowest BCUT2D eigenvalue weighted by atomic mass is 10.1. The highest BCUT2D eigenvalue weighted by atomic mass is 32.1. The van der Waals surface area contributed by atoms with E-state index in [9.17, 15) is 10.1 Å². The van der Waals surface area contributed by atoms with Crippen LogP contribution in [-0.2, 0) is 0 Å². The van der Waals surface area contributed by atoms with Gasteiger partial charge in [0, 0.05) is 12.1 Å². The van der Waals surface area contributed by atoms with E-state index in [4.69, 9.17) is 0 Å². The minimum atomic E-state index is -0.402. The Morgan fingerprint density at radius 2 is 2.05 bits per heavy atom. The zero-order valence-corrected chi connectivity index (χ0v) is 12.1. The third-order valence-electron chi connectivity index (χ3n) is 3.06. The molecule has 3 aromatic rings. The summed E-state index contributed by atoms with van der Waals surface area (Å²) >= 11 is 1.52. The van der Waals surface area contributed by atoms with Crippen molar-refractivity contribution >= 4 is 39.4 Å². The van der Waals surface area contributed by atoms with Gasteiger partial charge in [-0.1, -0.05) is 35.9 Å². The molecule has 0 aliphatic heterocycles. The quantitative estimate of drug-likeness (QED) is 0.520. The van der Waals surface area contributed by atoms with Gasteiger partial charge in [-0.2, -0.15) is 0 Å². The lowest BCUT2D eigenvalue weighted by molar-refractivity contribution is -0.384. The molecule has 0 radical (unpaired) electrons. The molecule has 0 unspecified atom stereocenters. The molecule has 0 saturated heterocycles. The molecule has 0 amide bonds. The van der Waals surface area contributed by atoms with Gasteiger partial charge in [-0.05, 0) is 24.6 Å². The second-order valence-corrected chi connectivity index (χ2v) is 5.77. The van der Waals surface area contributed by atoms with E-state index in [0.717, 1.165) is 15.3 Å². The molecule has 5 heteroatoms. The van der Waals surface area contributed by atoms with Gasteiger partial charge in [0.2, 0.25) is 0 Å². The number of benzene rings is 2. The van der Waals surface area contributed by atoms with Gasteiger partial charge >= 0.3 is 0 Å². The van der Waals surface area contributed by atoms with Crippen LogP contribution in [0.4, 0.5) is 5.69 Å². The number of hydrogen-bond acceptors (Lipinski definition) is 4. The summed E-state index contributed by atoms with van der Waals surface area (Å²) in [4.78, 5) is 14.8. The molecule has 0 aliphatic carbocycles. The van der Waals surface area contributed by atoms with Gasteiger partial charge in [0.1, 0.15) is 5.01 Å². The van der Waals surface area contributed by atoms with Crippen molar-refractivity contribution in [2.75, 3.05) is 0 Å². The molecular weight excluding hydrogens is 284 g/mol. The van der Waals surface area contributed by atoms with Crippen LogP contribution in [0.5, 0.6) is 0 Å². The maximum absolute atomic E-state index is 10.8. The van der Waals surface area contributed by atoms with E-state index in [1.165, 1.54) is 29.0 Å². The van der Waals surface area contributed by atoms with Crippen molar-refractivity contribution in [3.05, 3.63) is 68.7 Å². The maximum atomic E-state index is 10.8. The fraction of sp³-hybridized carbons (Fsp3) is 0.0625. The van der Waals surface area contributed by atoms with Crippen molar-refractivity contribution in [2.24, 2.45) is 0 Å². The van der Waals surface area contributed by atoms with Crippen LogP contribution in [0.2, 0.25) is 0 Å². The van der Waals surface area contributed by atoms with E-state index in [1.54, 1.807) is 6.07 Å². The fourth-order valence-electron chi connectivity index (χ4n) is 2.06. The Balaban J connectivity index is 1.92. The number of aryl methyl sites for hydroxylation is 1. The fourth-order valence-corrected chi connectivity index (χ4v) is 2.91. The molecule has 0 atom stereocenters. The van der Waals surface area contributed by atoms with Gasteiger partial charge in [0.05, 0.1) is 15.1 Å². The first-order valence-corrected chi connectivity index (χ1v) is 7.23.